The molecule has 0 aromatic rings. The molecule has 0 amide bonds. The molecule has 2 rings (SSSR count). The molecule has 4 heteroatoms. The first-order valence-electron chi connectivity index (χ1n) is 6.89. The highest BCUT2D eigenvalue weighted by Gasteiger charge is 2.45. The van der Waals surface area contributed by atoms with E-state index in [9.17, 15) is 5.11 Å². The SMILES string of the molecule is C#C/C=C/C[C@@H](O)[C@H]1CC2OC(CC)C(Br)CC2O1. The Morgan fingerprint density at radius 2 is 2.16 bits per heavy atom. The number of hydrogen-bond donors (Lipinski definition) is 1. The van der Waals surface area contributed by atoms with Gasteiger partial charge in [-0.15, -0.1) is 6.42 Å². The van der Waals surface area contributed by atoms with Crippen molar-refractivity contribution < 1.29 is 14.6 Å². The minimum Gasteiger partial charge on any atom is -0.390 e. The summed E-state index contributed by atoms with van der Waals surface area (Å²) in [5.41, 5.74) is 0. The van der Waals surface area contributed by atoms with Crippen LogP contribution in [-0.2, 0) is 9.47 Å². The standard InChI is InChI=1S/C15H21BrO3/c1-3-5-6-7-11(17)13-9-15-14(19-13)8-10(16)12(4-2)18-15/h1,5-6,10-15,17H,4,7-9H2,2H3/b6-5+/t10?,11-,12?,13-,14?,15?/m1/s1. The zero-order valence-electron chi connectivity index (χ0n) is 11.2. The van der Waals surface area contributed by atoms with Crippen molar-refractivity contribution in [1.29, 1.82) is 0 Å². The number of rotatable bonds is 4. The molecule has 0 bridgehead atoms. The third-order valence-electron chi connectivity index (χ3n) is 3.86. The number of allylic oxidation sites excluding steroid dienone is 1. The van der Waals surface area contributed by atoms with Gasteiger partial charge in [-0.3, -0.25) is 0 Å². The second-order valence-corrected chi connectivity index (χ2v) is 6.37. The molecule has 4 unspecified atom stereocenters. The Hall–Kier alpha value is -0.340. The number of alkyl halides is 1. The summed E-state index contributed by atoms with van der Waals surface area (Å²) in [6, 6.07) is 0. The van der Waals surface area contributed by atoms with Crippen LogP contribution >= 0.6 is 15.9 Å². The van der Waals surface area contributed by atoms with Gasteiger partial charge in [0.15, 0.2) is 0 Å². The van der Waals surface area contributed by atoms with Crippen LogP contribution in [0.1, 0.15) is 32.6 Å². The Kier molecular flexibility index (Phi) is 5.47. The minimum absolute atomic E-state index is 0.100. The Morgan fingerprint density at radius 3 is 2.84 bits per heavy atom. The normalized spacial score (nSPS) is 40.0. The number of terminal acetylenes is 1. The van der Waals surface area contributed by atoms with Gasteiger partial charge >= 0.3 is 0 Å². The van der Waals surface area contributed by atoms with Gasteiger partial charge in [-0.2, -0.15) is 0 Å². The highest BCUT2D eigenvalue weighted by Crippen LogP contribution is 2.37. The molecule has 2 heterocycles. The van der Waals surface area contributed by atoms with E-state index in [4.69, 9.17) is 15.9 Å². The van der Waals surface area contributed by atoms with E-state index in [0.717, 1.165) is 19.3 Å². The Morgan fingerprint density at radius 1 is 1.42 bits per heavy atom. The number of halogens is 1. The van der Waals surface area contributed by atoms with Crippen LogP contribution < -0.4 is 0 Å². The predicted octanol–water partition coefficient (Wildman–Crippen LogP) is 2.42. The zero-order chi connectivity index (χ0) is 13.8. The van der Waals surface area contributed by atoms with Crippen molar-refractivity contribution in [2.24, 2.45) is 0 Å². The highest BCUT2D eigenvalue weighted by molar-refractivity contribution is 9.09. The smallest absolute Gasteiger partial charge is 0.0867 e. The first kappa shape index (κ1) is 15.1. The average Bonchev–Trinajstić information content (AvgIpc) is 2.80. The van der Waals surface area contributed by atoms with Gasteiger partial charge in [-0.25, -0.2) is 0 Å². The Balaban J connectivity index is 1.89. The van der Waals surface area contributed by atoms with Gasteiger partial charge in [0, 0.05) is 11.2 Å². The lowest BCUT2D eigenvalue weighted by molar-refractivity contribution is -0.102. The van der Waals surface area contributed by atoms with Crippen molar-refractivity contribution in [1.82, 2.24) is 0 Å². The van der Waals surface area contributed by atoms with Crippen molar-refractivity contribution >= 4 is 15.9 Å². The summed E-state index contributed by atoms with van der Waals surface area (Å²) in [7, 11) is 0. The number of aliphatic hydroxyl groups excluding tert-OH is 1. The number of hydrogen-bond acceptors (Lipinski definition) is 3. The fraction of sp³-hybridized carbons (Fsp3) is 0.733. The van der Waals surface area contributed by atoms with Crippen molar-refractivity contribution in [2.75, 3.05) is 0 Å². The van der Waals surface area contributed by atoms with Crippen LogP contribution in [0, 0.1) is 12.3 Å². The summed E-state index contributed by atoms with van der Waals surface area (Å²) < 4.78 is 12.0. The lowest BCUT2D eigenvalue weighted by Gasteiger charge is -2.34. The van der Waals surface area contributed by atoms with E-state index >= 15 is 0 Å². The number of fused-ring (bicyclic) bond motifs is 1. The van der Waals surface area contributed by atoms with Crippen LogP contribution in [0.25, 0.3) is 0 Å². The van der Waals surface area contributed by atoms with Gasteiger partial charge in [0.05, 0.1) is 30.5 Å². The van der Waals surface area contributed by atoms with E-state index in [-0.39, 0.29) is 24.4 Å². The molecular weight excluding hydrogens is 308 g/mol. The molecule has 2 saturated heterocycles. The maximum Gasteiger partial charge on any atom is 0.0867 e. The summed E-state index contributed by atoms with van der Waals surface area (Å²) >= 11 is 3.66. The first-order valence-corrected chi connectivity index (χ1v) is 7.81. The molecule has 0 aromatic heterocycles. The van der Waals surface area contributed by atoms with E-state index in [0.29, 0.717) is 11.2 Å². The van der Waals surface area contributed by atoms with Crippen LogP contribution in [0.15, 0.2) is 12.2 Å². The summed E-state index contributed by atoms with van der Waals surface area (Å²) in [6.45, 7) is 2.13. The molecule has 0 aliphatic carbocycles. The first-order chi connectivity index (χ1) is 9.15. The predicted molar refractivity (Wildman–Crippen MR) is 78.2 cm³/mol. The van der Waals surface area contributed by atoms with Crippen LogP contribution in [0.5, 0.6) is 0 Å². The van der Waals surface area contributed by atoms with Gasteiger partial charge in [0.1, 0.15) is 0 Å². The molecule has 6 atom stereocenters. The van der Waals surface area contributed by atoms with Crippen molar-refractivity contribution in [3.63, 3.8) is 0 Å². The quantitative estimate of drug-likeness (QED) is 0.636. The molecule has 2 aliphatic rings. The largest absolute Gasteiger partial charge is 0.390 e. The third kappa shape index (κ3) is 3.61. The summed E-state index contributed by atoms with van der Waals surface area (Å²) in [6.07, 6.45) is 11.6. The molecule has 2 fully saturated rings. The van der Waals surface area contributed by atoms with Crippen LogP contribution in [0.3, 0.4) is 0 Å². The van der Waals surface area contributed by atoms with Gasteiger partial charge in [-0.1, -0.05) is 34.9 Å². The van der Waals surface area contributed by atoms with E-state index in [1.807, 2.05) is 0 Å². The highest BCUT2D eigenvalue weighted by atomic mass is 79.9. The van der Waals surface area contributed by atoms with Crippen molar-refractivity contribution in [3.05, 3.63) is 12.2 Å². The Bertz CT molecular complexity index is 363. The van der Waals surface area contributed by atoms with E-state index in [2.05, 4.69) is 28.8 Å². The minimum atomic E-state index is -0.507. The topological polar surface area (TPSA) is 38.7 Å². The summed E-state index contributed by atoms with van der Waals surface area (Å²) in [5.74, 6) is 2.42. The van der Waals surface area contributed by atoms with E-state index in [1.54, 1.807) is 12.2 Å². The number of aliphatic hydroxyl groups is 1. The van der Waals surface area contributed by atoms with Crippen LogP contribution in [-0.4, -0.2) is 40.5 Å². The summed E-state index contributed by atoms with van der Waals surface area (Å²) in [4.78, 5) is 0.343. The maximum atomic E-state index is 10.1. The van der Waals surface area contributed by atoms with E-state index in [1.165, 1.54) is 0 Å². The third-order valence-corrected chi connectivity index (χ3v) is 4.83. The molecule has 2 aliphatic heterocycles. The lowest BCUT2D eigenvalue weighted by Crippen LogP contribution is -2.42. The second kappa shape index (κ2) is 6.90. The molecular formula is C15H21BrO3. The molecule has 0 radical (unpaired) electrons. The van der Waals surface area contributed by atoms with Gasteiger partial charge in [0.2, 0.25) is 0 Å². The van der Waals surface area contributed by atoms with Crippen LogP contribution in [0.4, 0.5) is 0 Å². The molecule has 0 saturated carbocycles. The molecule has 1 N–H and O–H groups in total. The van der Waals surface area contributed by atoms with Gasteiger partial charge < -0.3 is 14.6 Å². The monoisotopic (exact) mass is 328 g/mol. The maximum absolute atomic E-state index is 10.1. The zero-order valence-corrected chi connectivity index (χ0v) is 12.8. The molecule has 0 spiro atoms. The van der Waals surface area contributed by atoms with Crippen molar-refractivity contribution in [2.45, 2.75) is 68.0 Å². The van der Waals surface area contributed by atoms with Crippen LogP contribution in [0.2, 0.25) is 0 Å². The molecule has 19 heavy (non-hydrogen) atoms. The van der Waals surface area contributed by atoms with Gasteiger partial charge in [0.25, 0.3) is 0 Å². The number of ether oxygens (including phenoxy) is 2. The molecule has 3 nitrogen and oxygen atoms in total. The average molecular weight is 329 g/mol. The van der Waals surface area contributed by atoms with Gasteiger partial charge in [-0.05, 0) is 25.3 Å². The Labute approximate surface area is 123 Å². The molecule has 106 valence electrons. The van der Waals surface area contributed by atoms with Crippen molar-refractivity contribution in [3.8, 4) is 12.3 Å². The van der Waals surface area contributed by atoms with E-state index < -0.39 is 6.10 Å². The fourth-order valence-corrected chi connectivity index (χ4v) is 3.68. The fourth-order valence-electron chi connectivity index (χ4n) is 2.81. The molecule has 0 aromatic carbocycles. The second-order valence-electron chi connectivity index (χ2n) is 5.19. The lowest BCUT2D eigenvalue weighted by atomic mass is 9.97. The summed E-state index contributed by atoms with van der Waals surface area (Å²) in [5, 5.41) is 10.1.